The number of nitro groups is 1. The van der Waals surface area contributed by atoms with E-state index in [2.05, 4.69) is 12.1 Å². The van der Waals surface area contributed by atoms with Crippen LogP contribution in [0.5, 0.6) is 0 Å². The number of rotatable bonds is 3. The van der Waals surface area contributed by atoms with Gasteiger partial charge in [0.2, 0.25) is 0 Å². The summed E-state index contributed by atoms with van der Waals surface area (Å²) in [6, 6.07) is 26.9. The van der Waals surface area contributed by atoms with Gasteiger partial charge in [-0.2, -0.15) is 0 Å². The molecule has 5 aromatic rings. The van der Waals surface area contributed by atoms with Crippen LogP contribution in [0.3, 0.4) is 0 Å². The van der Waals surface area contributed by atoms with Gasteiger partial charge in [0.05, 0.1) is 10.5 Å². The number of hydrogen-bond acceptors (Lipinski definition) is 3. The first-order valence-electron chi connectivity index (χ1n) is 9.39. The summed E-state index contributed by atoms with van der Waals surface area (Å²) >= 11 is 0. The third kappa shape index (κ3) is 2.69. The first kappa shape index (κ1) is 17.2. The van der Waals surface area contributed by atoms with Crippen molar-refractivity contribution in [1.82, 2.24) is 0 Å². The summed E-state index contributed by atoms with van der Waals surface area (Å²) in [5.74, 6) is 0. The zero-order valence-corrected chi connectivity index (χ0v) is 15.8. The molecule has 4 heteroatoms. The molecule has 0 fully saturated rings. The zero-order valence-electron chi connectivity index (χ0n) is 15.8. The van der Waals surface area contributed by atoms with Gasteiger partial charge in [-0.15, -0.1) is 0 Å². The monoisotopic (exact) mass is 379 g/mol. The minimum atomic E-state index is -0.332. The number of fused-ring (bicyclic) bond motifs is 3. The van der Waals surface area contributed by atoms with Gasteiger partial charge in [-0.25, -0.2) is 0 Å². The zero-order chi connectivity index (χ0) is 20.0. The van der Waals surface area contributed by atoms with Crippen LogP contribution >= 0.6 is 0 Å². The van der Waals surface area contributed by atoms with E-state index in [4.69, 9.17) is 4.42 Å². The summed E-state index contributed by atoms with van der Waals surface area (Å²) in [6.45, 7) is 2.00. The second-order valence-electron chi connectivity index (χ2n) is 7.03. The van der Waals surface area contributed by atoms with Crippen molar-refractivity contribution in [3.05, 3.63) is 101 Å². The molecule has 0 aliphatic heterocycles. The minimum absolute atomic E-state index is 0.106. The SMILES string of the molecule is Cc1c(-c2ccccc2[N+](=O)[O-])cccc1-c1cccc2c1oc1ccccc12. The van der Waals surface area contributed by atoms with E-state index in [1.165, 1.54) is 0 Å². The summed E-state index contributed by atoms with van der Waals surface area (Å²) in [5, 5.41) is 13.7. The van der Waals surface area contributed by atoms with E-state index in [1.54, 1.807) is 18.2 Å². The Balaban J connectivity index is 1.78. The smallest absolute Gasteiger partial charge is 0.277 e. The van der Waals surface area contributed by atoms with Crippen molar-refractivity contribution in [2.45, 2.75) is 6.92 Å². The molecule has 4 nitrogen and oxygen atoms in total. The third-order valence-electron chi connectivity index (χ3n) is 5.42. The van der Waals surface area contributed by atoms with Crippen LogP contribution in [0, 0.1) is 17.0 Å². The highest BCUT2D eigenvalue weighted by Crippen LogP contribution is 2.40. The average molecular weight is 379 g/mol. The van der Waals surface area contributed by atoms with Gasteiger partial charge in [0.1, 0.15) is 11.2 Å². The van der Waals surface area contributed by atoms with Crippen LogP contribution in [0.2, 0.25) is 0 Å². The number of hydrogen-bond donors (Lipinski definition) is 0. The summed E-state index contributed by atoms with van der Waals surface area (Å²) < 4.78 is 6.19. The van der Waals surface area contributed by atoms with Crippen molar-refractivity contribution in [1.29, 1.82) is 0 Å². The molecule has 0 amide bonds. The first-order valence-corrected chi connectivity index (χ1v) is 9.39. The van der Waals surface area contributed by atoms with Gasteiger partial charge in [0.25, 0.3) is 5.69 Å². The summed E-state index contributed by atoms with van der Waals surface area (Å²) in [6.07, 6.45) is 0. The van der Waals surface area contributed by atoms with Crippen LogP contribution in [-0.4, -0.2) is 4.92 Å². The number of nitro benzene ring substituents is 1. The van der Waals surface area contributed by atoms with Crippen LogP contribution in [0.1, 0.15) is 5.56 Å². The Labute approximate surface area is 167 Å². The molecule has 140 valence electrons. The fourth-order valence-electron chi connectivity index (χ4n) is 4.04. The Bertz CT molecular complexity index is 1400. The second-order valence-corrected chi connectivity index (χ2v) is 7.03. The Kier molecular flexibility index (Phi) is 3.91. The maximum atomic E-state index is 11.5. The second kappa shape index (κ2) is 6.60. The standard InChI is InChI=1S/C25H17NO3/c1-16-17(19-8-2-4-14-23(19)26(27)28)10-6-11-18(16)21-12-7-13-22-20-9-3-5-15-24(20)29-25(21)22/h2-15H,1H3. The van der Waals surface area contributed by atoms with Crippen molar-refractivity contribution < 1.29 is 9.34 Å². The third-order valence-corrected chi connectivity index (χ3v) is 5.42. The molecule has 29 heavy (non-hydrogen) atoms. The Morgan fingerprint density at radius 3 is 2.10 bits per heavy atom. The molecule has 0 aliphatic rings. The topological polar surface area (TPSA) is 56.3 Å². The fraction of sp³-hybridized carbons (Fsp3) is 0.0400. The lowest BCUT2D eigenvalue weighted by Crippen LogP contribution is -1.94. The van der Waals surface area contributed by atoms with E-state index in [1.807, 2.05) is 61.5 Å². The number of furan rings is 1. The number of benzene rings is 4. The van der Waals surface area contributed by atoms with Gasteiger partial charge in [0.15, 0.2) is 0 Å². The van der Waals surface area contributed by atoms with Crippen LogP contribution in [0.15, 0.2) is 89.3 Å². The van der Waals surface area contributed by atoms with E-state index in [-0.39, 0.29) is 10.6 Å². The molecule has 0 spiro atoms. The Morgan fingerprint density at radius 2 is 1.28 bits per heavy atom. The predicted molar refractivity (Wildman–Crippen MR) is 116 cm³/mol. The fourth-order valence-corrected chi connectivity index (χ4v) is 4.04. The van der Waals surface area contributed by atoms with Gasteiger partial charge in [-0.3, -0.25) is 10.1 Å². The predicted octanol–water partition coefficient (Wildman–Crippen LogP) is 7.14. The number of para-hydroxylation sites is 3. The lowest BCUT2D eigenvalue weighted by molar-refractivity contribution is -0.384. The van der Waals surface area contributed by atoms with Crippen molar-refractivity contribution >= 4 is 27.6 Å². The highest BCUT2D eigenvalue weighted by Gasteiger charge is 2.19. The molecule has 1 aromatic heterocycles. The molecule has 0 N–H and O–H groups in total. The van der Waals surface area contributed by atoms with Gasteiger partial charge in [-0.05, 0) is 35.7 Å². The minimum Gasteiger partial charge on any atom is -0.455 e. The molecule has 0 radical (unpaired) electrons. The largest absolute Gasteiger partial charge is 0.455 e. The molecule has 0 unspecified atom stereocenters. The van der Waals surface area contributed by atoms with Gasteiger partial charge in [-0.1, -0.05) is 66.7 Å². The van der Waals surface area contributed by atoms with Crippen LogP contribution in [0.4, 0.5) is 5.69 Å². The molecular formula is C25H17NO3. The molecule has 0 saturated heterocycles. The van der Waals surface area contributed by atoms with Gasteiger partial charge < -0.3 is 4.42 Å². The van der Waals surface area contributed by atoms with E-state index in [9.17, 15) is 10.1 Å². The molecule has 1 heterocycles. The molecule has 0 saturated carbocycles. The molecule has 4 aromatic carbocycles. The highest BCUT2D eigenvalue weighted by atomic mass is 16.6. The summed E-state index contributed by atoms with van der Waals surface area (Å²) in [5.41, 5.74) is 6.22. The van der Waals surface area contributed by atoms with E-state index in [0.717, 1.165) is 44.2 Å². The lowest BCUT2D eigenvalue weighted by atomic mass is 9.91. The van der Waals surface area contributed by atoms with Crippen LogP contribution in [-0.2, 0) is 0 Å². The maximum absolute atomic E-state index is 11.5. The highest BCUT2D eigenvalue weighted by molar-refractivity contribution is 6.09. The molecular weight excluding hydrogens is 362 g/mol. The van der Waals surface area contributed by atoms with Crippen molar-refractivity contribution in [3.8, 4) is 22.3 Å². The van der Waals surface area contributed by atoms with E-state index < -0.39 is 0 Å². The average Bonchev–Trinajstić information content (AvgIpc) is 3.13. The first-order chi connectivity index (χ1) is 14.1. The van der Waals surface area contributed by atoms with Crippen molar-refractivity contribution in [3.63, 3.8) is 0 Å². The molecule has 5 rings (SSSR count). The molecule has 0 atom stereocenters. The lowest BCUT2D eigenvalue weighted by Gasteiger charge is -2.12. The van der Waals surface area contributed by atoms with Gasteiger partial charge >= 0.3 is 0 Å². The maximum Gasteiger partial charge on any atom is 0.277 e. The Morgan fingerprint density at radius 1 is 0.690 bits per heavy atom. The normalized spacial score (nSPS) is 11.2. The Hall–Kier alpha value is -3.92. The molecule has 0 aliphatic carbocycles. The van der Waals surface area contributed by atoms with Crippen molar-refractivity contribution in [2.75, 3.05) is 0 Å². The molecule has 0 bridgehead atoms. The van der Waals surface area contributed by atoms with Crippen LogP contribution in [0.25, 0.3) is 44.2 Å². The van der Waals surface area contributed by atoms with Crippen LogP contribution < -0.4 is 0 Å². The quantitative estimate of drug-likeness (QED) is 0.247. The van der Waals surface area contributed by atoms with Crippen molar-refractivity contribution in [2.24, 2.45) is 0 Å². The summed E-state index contributed by atoms with van der Waals surface area (Å²) in [4.78, 5) is 11.2. The number of nitrogens with zero attached hydrogens (tertiary/aromatic N) is 1. The summed E-state index contributed by atoms with van der Waals surface area (Å²) in [7, 11) is 0. The van der Waals surface area contributed by atoms with E-state index in [0.29, 0.717) is 5.56 Å². The van der Waals surface area contributed by atoms with E-state index >= 15 is 0 Å². The van der Waals surface area contributed by atoms with Gasteiger partial charge in [0, 0.05) is 22.4 Å².